The third-order valence-corrected chi connectivity index (χ3v) is 5.78. The predicted molar refractivity (Wildman–Crippen MR) is 123 cm³/mol. The van der Waals surface area contributed by atoms with Crippen LogP contribution in [0.3, 0.4) is 0 Å². The maximum atomic E-state index is 11.8. The molecule has 5 rings (SSSR count). The third kappa shape index (κ3) is 2.85. The molecule has 0 unspecified atom stereocenters. The van der Waals surface area contributed by atoms with Crippen LogP contribution in [0.1, 0.15) is 6.92 Å². The summed E-state index contributed by atoms with van der Waals surface area (Å²) in [4.78, 5) is 13.4. The van der Waals surface area contributed by atoms with Crippen molar-refractivity contribution in [3.63, 3.8) is 0 Å². The number of carbonyl (C=O) groups excluding carboxylic acids is 1. The molecule has 1 amide bonds. The van der Waals surface area contributed by atoms with Gasteiger partial charge in [-0.15, -0.1) is 0 Å². The molecule has 29 heavy (non-hydrogen) atoms. The molecule has 0 saturated heterocycles. The van der Waals surface area contributed by atoms with E-state index in [0.29, 0.717) is 0 Å². The first kappa shape index (κ1) is 17.4. The Kier molecular flexibility index (Phi) is 4.06. The molecule has 0 atom stereocenters. The van der Waals surface area contributed by atoms with Crippen LogP contribution < -0.4 is 4.90 Å². The summed E-state index contributed by atoms with van der Waals surface area (Å²) in [5, 5.41) is 7.62. The van der Waals surface area contributed by atoms with Crippen molar-refractivity contribution in [1.82, 2.24) is 0 Å². The minimum absolute atomic E-state index is 0.0260. The number of amides is 1. The standard InChI is InChI=1S/C27H21NO/c1-18(29)28(2)21-9-7-8-19(16-21)20-14-15-26-24-12-4-3-10-22(24)23-11-5-6-13-25(23)27(26)17-20/h3-17H,1-2H3. The van der Waals surface area contributed by atoms with Gasteiger partial charge in [-0.3, -0.25) is 4.79 Å². The minimum Gasteiger partial charge on any atom is -0.316 e. The van der Waals surface area contributed by atoms with Crippen molar-refractivity contribution >= 4 is 43.9 Å². The molecular formula is C27H21NO. The summed E-state index contributed by atoms with van der Waals surface area (Å²) in [6, 6.07) is 32.0. The van der Waals surface area contributed by atoms with Crippen molar-refractivity contribution in [3.8, 4) is 11.1 Å². The molecule has 2 heteroatoms. The van der Waals surface area contributed by atoms with Gasteiger partial charge in [-0.25, -0.2) is 0 Å². The lowest BCUT2D eigenvalue weighted by atomic mass is 9.92. The molecule has 0 aromatic heterocycles. The van der Waals surface area contributed by atoms with E-state index in [2.05, 4.69) is 78.9 Å². The average molecular weight is 375 g/mol. The number of fused-ring (bicyclic) bond motifs is 6. The Bertz CT molecular complexity index is 1370. The summed E-state index contributed by atoms with van der Waals surface area (Å²) in [5.74, 6) is 0.0260. The van der Waals surface area contributed by atoms with E-state index in [1.165, 1.54) is 32.3 Å². The van der Waals surface area contributed by atoms with Gasteiger partial charge in [0.1, 0.15) is 0 Å². The lowest BCUT2D eigenvalue weighted by Crippen LogP contribution is -2.22. The van der Waals surface area contributed by atoms with E-state index in [-0.39, 0.29) is 5.91 Å². The Hall–Kier alpha value is -3.65. The average Bonchev–Trinajstić information content (AvgIpc) is 2.78. The van der Waals surface area contributed by atoms with Crippen LogP contribution in [0.15, 0.2) is 91.0 Å². The highest BCUT2D eigenvalue weighted by atomic mass is 16.2. The van der Waals surface area contributed by atoms with Gasteiger partial charge in [0.05, 0.1) is 0 Å². The van der Waals surface area contributed by atoms with Crippen molar-refractivity contribution in [2.45, 2.75) is 6.92 Å². The zero-order valence-electron chi connectivity index (χ0n) is 16.5. The van der Waals surface area contributed by atoms with E-state index in [9.17, 15) is 4.79 Å². The monoisotopic (exact) mass is 375 g/mol. The first-order valence-electron chi connectivity index (χ1n) is 9.81. The van der Waals surface area contributed by atoms with Crippen LogP contribution in [-0.2, 0) is 4.79 Å². The molecule has 0 heterocycles. The number of hydrogen-bond acceptors (Lipinski definition) is 1. The fourth-order valence-electron chi connectivity index (χ4n) is 4.16. The second kappa shape index (κ2) is 6.75. The molecule has 0 spiro atoms. The van der Waals surface area contributed by atoms with E-state index >= 15 is 0 Å². The molecule has 0 bridgehead atoms. The van der Waals surface area contributed by atoms with Gasteiger partial charge in [-0.2, -0.15) is 0 Å². The molecule has 2 nitrogen and oxygen atoms in total. The number of hydrogen-bond donors (Lipinski definition) is 0. The van der Waals surface area contributed by atoms with E-state index < -0.39 is 0 Å². The van der Waals surface area contributed by atoms with Crippen molar-refractivity contribution in [2.24, 2.45) is 0 Å². The molecule has 0 fully saturated rings. The summed E-state index contributed by atoms with van der Waals surface area (Å²) in [6.45, 7) is 1.58. The number of anilines is 1. The second-order valence-corrected chi connectivity index (χ2v) is 7.48. The molecular weight excluding hydrogens is 354 g/mol. The molecule has 0 aliphatic rings. The van der Waals surface area contributed by atoms with Gasteiger partial charge in [0.15, 0.2) is 0 Å². The normalized spacial score (nSPS) is 11.2. The van der Waals surface area contributed by atoms with Crippen LogP contribution in [0.4, 0.5) is 5.69 Å². The van der Waals surface area contributed by atoms with E-state index in [1.807, 2.05) is 19.2 Å². The Labute approximate surface area is 170 Å². The lowest BCUT2D eigenvalue weighted by molar-refractivity contribution is -0.116. The fraction of sp³-hybridized carbons (Fsp3) is 0.0741. The van der Waals surface area contributed by atoms with Gasteiger partial charge in [-0.05, 0) is 61.6 Å². The van der Waals surface area contributed by atoms with Gasteiger partial charge in [0.25, 0.3) is 0 Å². The van der Waals surface area contributed by atoms with Crippen LogP contribution in [0.25, 0.3) is 43.4 Å². The number of carbonyl (C=O) groups is 1. The van der Waals surface area contributed by atoms with E-state index in [4.69, 9.17) is 0 Å². The quantitative estimate of drug-likeness (QED) is 0.311. The van der Waals surface area contributed by atoms with Gasteiger partial charge >= 0.3 is 0 Å². The highest BCUT2D eigenvalue weighted by Crippen LogP contribution is 2.37. The van der Waals surface area contributed by atoms with Crippen LogP contribution in [0.2, 0.25) is 0 Å². The summed E-state index contributed by atoms with van der Waals surface area (Å²) in [6.07, 6.45) is 0. The highest BCUT2D eigenvalue weighted by Gasteiger charge is 2.11. The number of benzene rings is 5. The molecule has 0 N–H and O–H groups in total. The Morgan fingerprint density at radius 3 is 1.69 bits per heavy atom. The maximum Gasteiger partial charge on any atom is 0.223 e. The molecule has 140 valence electrons. The number of nitrogens with zero attached hydrogens (tertiary/aromatic N) is 1. The fourth-order valence-corrected chi connectivity index (χ4v) is 4.16. The second-order valence-electron chi connectivity index (χ2n) is 7.48. The summed E-state index contributed by atoms with van der Waals surface area (Å²) in [7, 11) is 1.81. The molecule has 5 aromatic carbocycles. The van der Waals surface area contributed by atoms with Gasteiger partial charge in [-0.1, -0.05) is 72.8 Å². The summed E-state index contributed by atoms with van der Waals surface area (Å²) < 4.78 is 0. The topological polar surface area (TPSA) is 20.3 Å². The summed E-state index contributed by atoms with van der Waals surface area (Å²) in [5.41, 5.74) is 3.16. The first-order valence-corrected chi connectivity index (χ1v) is 9.81. The van der Waals surface area contributed by atoms with Crippen molar-refractivity contribution in [1.29, 1.82) is 0 Å². The third-order valence-electron chi connectivity index (χ3n) is 5.78. The molecule has 0 radical (unpaired) electrons. The van der Waals surface area contributed by atoms with Crippen LogP contribution in [-0.4, -0.2) is 13.0 Å². The van der Waals surface area contributed by atoms with Gasteiger partial charge in [0.2, 0.25) is 5.91 Å². The molecule has 0 aliphatic heterocycles. The van der Waals surface area contributed by atoms with Crippen molar-refractivity contribution < 1.29 is 4.79 Å². The Morgan fingerprint density at radius 1 is 0.586 bits per heavy atom. The SMILES string of the molecule is CC(=O)N(C)c1cccc(-c2ccc3c4ccccc4c4ccccc4c3c2)c1. The zero-order chi connectivity index (χ0) is 20.0. The lowest BCUT2D eigenvalue weighted by Gasteiger charge is -2.16. The highest BCUT2D eigenvalue weighted by molar-refractivity contribution is 6.25. The van der Waals surface area contributed by atoms with Crippen LogP contribution >= 0.6 is 0 Å². The Morgan fingerprint density at radius 2 is 1.10 bits per heavy atom. The van der Waals surface area contributed by atoms with Gasteiger partial charge < -0.3 is 4.90 Å². The van der Waals surface area contributed by atoms with E-state index in [0.717, 1.165) is 16.8 Å². The molecule has 0 saturated carbocycles. The largest absolute Gasteiger partial charge is 0.316 e. The molecule has 5 aromatic rings. The van der Waals surface area contributed by atoms with Crippen molar-refractivity contribution in [2.75, 3.05) is 11.9 Å². The Balaban J connectivity index is 1.78. The van der Waals surface area contributed by atoms with Crippen LogP contribution in [0, 0.1) is 0 Å². The summed E-state index contributed by atoms with van der Waals surface area (Å²) >= 11 is 0. The maximum absolute atomic E-state index is 11.8. The first-order chi connectivity index (χ1) is 14.1. The van der Waals surface area contributed by atoms with E-state index in [1.54, 1.807) is 11.8 Å². The van der Waals surface area contributed by atoms with Crippen LogP contribution in [0.5, 0.6) is 0 Å². The molecule has 0 aliphatic carbocycles. The smallest absolute Gasteiger partial charge is 0.223 e. The predicted octanol–water partition coefficient (Wildman–Crippen LogP) is 6.80. The zero-order valence-corrected chi connectivity index (χ0v) is 16.5. The number of rotatable bonds is 2. The van der Waals surface area contributed by atoms with Crippen molar-refractivity contribution in [3.05, 3.63) is 91.0 Å². The van der Waals surface area contributed by atoms with Gasteiger partial charge in [0, 0.05) is 19.7 Å². The minimum atomic E-state index is 0.0260.